The molecule has 1 aromatic carbocycles. The van der Waals surface area contributed by atoms with E-state index in [2.05, 4.69) is 44.0 Å². The van der Waals surface area contributed by atoms with Crippen LogP contribution in [0.1, 0.15) is 75.8 Å². The number of aromatic nitrogens is 2. The van der Waals surface area contributed by atoms with Gasteiger partial charge in [0.1, 0.15) is 0 Å². The molecule has 5 nitrogen and oxygen atoms in total. The fraction of sp³-hybridized carbons (Fsp3) is 0.583. The number of amides is 2. The van der Waals surface area contributed by atoms with Gasteiger partial charge in [0.25, 0.3) is 0 Å². The number of rotatable bonds is 4. The molecule has 2 aliphatic carbocycles. The maximum atomic E-state index is 13.5. The van der Waals surface area contributed by atoms with E-state index in [0.717, 1.165) is 5.69 Å². The van der Waals surface area contributed by atoms with Gasteiger partial charge in [-0.25, -0.2) is 9.78 Å². The number of urea groups is 1. The zero-order valence-electron chi connectivity index (χ0n) is 17.2. The van der Waals surface area contributed by atoms with Crippen LogP contribution >= 0.6 is 0 Å². The minimum absolute atomic E-state index is 0.132. The van der Waals surface area contributed by atoms with Crippen molar-refractivity contribution >= 4 is 6.03 Å². The highest BCUT2D eigenvalue weighted by Crippen LogP contribution is 2.38. The summed E-state index contributed by atoms with van der Waals surface area (Å²) in [5, 5.41) is 3.33. The Morgan fingerprint density at radius 1 is 1.00 bits per heavy atom. The molecular formula is C24H32N4O. The second kappa shape index (κ2) is 8.21. The first-order valence-corrected chi connectivity index (χ1v) is 11.5. The van der Waals surface area contributed by atoms with E-state index in [0.29, 0.717) is 18.6 Å². The smallest absolute Gasteiger partial charge is 0.317 e. The van der Waals surface area contributed by atoms with Crippen LogP contribution in [0.2, 0.25) is 0 Å². The second-order valence-electron chi connectivity index (χ2n) is 8.97. The van der Waals surface area contributed by atoms with Gasteiger partial charge in [0.05, 0.1) is 24.3 Å². The Bertz CT molecular complexity index is 830. The minimum Gasteiger partial charge on any atom is -0.336 e. The number of carbonyl (C=O) groups is 1. The van der Waals surface area contributed by atoms with Crippen LogP contribution in [0.25, 0.3) is 11.3 Å². The van der Waals surface area contributed by atoms with Gasteiger partial charge in [-0.2, -0.15) is 0 Å². The molecule has 5 heteroatoms. The second-order valence-corrected chi connectivity index (χ2v) is 8.97. The number of nitrogens with zero attached hydrogens (tertiary/aromatic N) is 3. The van der Waals surface area contributed by atoms with Gasteiger partial charge in [-0.15, -0.1) is 0 Å². The normalized spacial score (nSPS) is 22.1. The molecule has 0 radical (unpaired) electrons. The fourth-order valence-corrected chi connectivity index (χ4v) is 5.76. The molecule has 2 fully saturated rings. The number of imidazole rings is 1. The number of hydrogen-bond donors (Lipinski definition) is 1. The van der Waals surface area contributed by atoms with Crippen molar-refractivity contribution in [2.24, 2.45) is 0 Å². The molecule has 1 aromatic heterocycles. The van der Waals surface area contributed by atoms with Crippen molar-refractivity contribution < 1.29 is 4.79 Å². The maximum Gasteiger partial charge on any atom is 0.317 e. The van der Waals surface area contributed by atoms with Crippen LogP contribution in [0.4, 0.5) is 4.79 Å². The summed E-state index contributed by atoms with van der Waals surface area (Å²) >= 11 is 0. The number of fused-ring (bicyclic) bond motifs is 3. The topological polar surface area (TPSA) is 50.2 Å². The molecule has 0 saturated heterocycles. The van der Waals surface area contributed by atoms with E-state index in [1.54, 1.807) is 0 Å². The van der Waals surface area contributed by atoms with Crippen LogP contribution in [0.3, 0.4) is 0 Å². The van der Waals surface area contributed by atoms with E-state index in [4.69, 9.17) is 0 Å². The molecule has 2 heterocycles. The van der Waals surface area contributed by atoms with E-state index in [1.807, 2.05) is 12.5 Å². The Hall–Kier alpha value is -2.30. The van der Waals surface area contributed by atoms with Crippen molar-refractivity contribution in [3.63, 3.8) is 0 Å². The predicted octanol–water partition coefficient (Wildman–Crippen LogP) is 5.13. The molecule has 2 amide bonds. The van der Waals surface area contributed by atoms with Crippen LogP contribution in [0, 0.1) is 0 Å². The molecule has 5 rings (SSSR count). The van der Waals surface area contributed by atoms with Crippen molar-refractivity contribution in [3.05, 3.63) is 42.4 Å². The molecule has 2 aromatic rings. The Labute approximate surface area is 173 Å². The van der Waals surface area contributed by atoms with Gasteiger partial charge < -0.3 is 14.8 Å². The van der Waals surface area contributed by atoms with Crippen molar-refractivity contribution in [1.82, 2.24) is 19.8 Å². The number of nitrogens with one attached hydrogen (secondary N) is 1. The van der Waals surface area contributed by atoms with Gasteiger partial charge in [-0.1, -0.05) is 62.8 Å². The monoisotopic (exact) mass is 392 g/mol. The first-order chi connectivity index (χ1) is 14.3. The zero-order valence-corrected chi connectivity index (χ0v) is 17.2. The van der Waals surface area contributed by atoms with Crippen LogP contribution in [-0.4, -0.2) is 39.1 Å². The van der Waals surface area contributed by atoms with E-state index >= 15 is 0 Å². The quantitative estimate of drug-likeness (QED) is 0.784. The molecule has 154 valence electrons. The van der Waals surface area contributed by atoms with Gasteiger partial charge in [0.2, 0.25) is 0 Å². The van der Waals surface area contributed by atoms with Crippen molar-refractivity contribution in [1.29, 1.82) is 0 Å². The summed E-state index contributed by atoms with van der Waals surface area (Å²) in [5.74, 6) is 0. The summed E-state index contributed by atoms with van der Waals surface area (Å²) in [7, 11) is 0. The Morgan fingerprint density at radius 3 is 2.34 bits per heavy atom. The number of carbonyl (C=O) groups excluding carboxylic acids is 1. The molecule has 2 saturated carbocycles. The molecule has 1 N–H and O–H groups in total. The number of benzene rings is 1. The lowest BCUT2D eigenvalue weighted by atomic mass is 9.89. The highest BCUT2D eigenvalue weighted by atomic mass is 16.2. The van der Waals surface area contributed by atoms with Gasteiger partial charge in [-0.3, -0.25) is 0 Å². The van der Waals surface area contributed by atoms with Crippen LogP contribution in [-0.2, 0) is 0 Å². The largest absolute Gasteiger partial charge is 0.336 e. The van der Waals surface area contributed by atoms with E-state index in [9.17, 15) is 4.79 Å². The van der Waals surface area contributed by atoms with Gasteiger partial charge in [0.15, 0.2) is 0 Å². The molecule has 0 unspecified atom stereocenters. The lowest BCUT2D eigenvalue weighted by Gasteiger charge is -2.41. The van der Waals surface area contributed by atoms with E-state index in [-0.39, 0.29) is 12.1 Å². The Kier molecular flexibility index (Phi) is 5.30. The summed E-state index contributed by atoms with van der Waals surface area (Å²) in [4.78, 5) is 20.1. The van der Waals surface area contributed by atoms with Gasteiger partial charge >= 0.3 is 6.03 Å². The van der Waals surface area contributed by atoms with Crippen molar-refractivity contribution in [3.8, 4) is 11.3 Å². The molecule has 0 bridgehead atoms. The van der Waals surface area contributed by atoms with E-state index in [1.165, 1.54) is 75.3 Å². The summed E-state index contributed by atoms with van der Waals surface area (Å²) in [6.45, 7) is 0.620. The maximum absolute atomic E-state index is 13.5. The predicted molar refractivity (Wildman–Crippen MR) is 115 cm³/mol. The summed E-state index contributed by atoms with van der Waals surface area (Å²) < 4.78 is 2.20. The molecule has 0 spiro atoms. The molecule has 1 aliphatic heterocycles. The minimum atomic E-state index is 0.132. The standard InChI is InChI=1S/C24H32N4O/c29-24(28(18-9-3-1-4-10-18)19-11-5-2-6-12-19)26-16-23-21-14-8-7-13-20(21)22-15-25-17-27(22)23/h7-8,13-15,17-19,23H,1-6,9-12,16H2,(H,26,29)/t23-/m1/s1. The highest BCUT2D eigenvalue weighted by molar-refractivity contribution is 5.75. The van der Waals surface area contributed by atoms with Crippen LogP contribution in [0.15, 0.2) is 36.8 Å². The molecule has 3 aliphatic rings. The van der Waals surface area contributed by atoms with Crippen LogP contribution < -0.4 is 5.32 Å². The Balaban J connectivity index is 1.33. The average Bonchev–Trinajstić information content (AvgIpc) is 3.36. The van der Waals surface area contributed by atoms with Crippen LogP contribution in [0.5, 0.6) is 0 Å². The van der Waals surface area contributed by atoms with Gasteiger partial charge in [-0.05, 0) is 31.2 Å². The zero-order chi connectivity index (χ0) is 19.6. The number of hydrogen-bond acceptors (Lipinski definition) is 2. The third-order valence-corrected chi connectivity index (χ3v) is 7.21. The molecule has 1 atom stereocenters. The lowest BCUT2D eigenvalue weighted by molar-refractivity contribution is 0.104. The third kappa shape index (κ3) is 3.56. The van der Waals surface area contributed by atoms with E-state index < -0.39 is 0 Å². The summed E-state index contributed by atoms with van der Waals surface area (Å²) in [6, 6.07) is 9.62. The molecule has 29 heavy (non-hydrogen) atoms. The van der Waals surface area contributed by atoms with Crippen molar-refractivity contribution in [2.75, 3.05) is 6.54 Å². The third-order valence-electron chi connectivity index (χ3n) is 7.21. The summed E-state index contributed by atoms with van der Waals surface area (Å²) in [6.07, 6.45) is 16.2. The first kappa shape index (κ1) is 18.7. The van der Waals surface area contributed by atoms with Crippen molar-refractivity contribution in [2.45, 2.75) is 82.3 Å². The van der Waals surface area contributed by atoms with Gasteiger partial charge in [0, 0.05) is 24.2 Å². The SMILES string of the molecule is O=C(NC[C@@H]1c2ccccc2-c2cncn21)N(C1CCCCC1)C1CCCCC1. The Morgan fingerprint density at radius 2 is 1.66 bits per heavy atom. The fourth-order valence-electron chi connectivity index (χ4n) is 5.76. The highest BCUT2D eigenvalue weighted by Gasteiger charge is 2.34. The summed E-state index contributed by atoms with van der Waals surface area (Å²) in [5.41, 5.74) is 3.67. The lowest BCUT2D eigenvalue weighted by Crippen LogP contribution is -2.53. The first-order valence-electron chi connectivity index (χ1n) is 11.5. The molecular weight excluding hydrogens is 360 g/mol. The average molecular weight is 393 g/mol.